The molecule has 4 heteroatoms. The molecule has 0 aliphatic heterocycles. The number of unbranched alkanes of at least 4 members (excludes halogenated alkanes) is 20. The predicted molar refractivity (Wildman–Crippen MR) is 190 cm³/mol. The summed E-state index contributed by atoms with van der Waals surface area (Å²) in [7, 11) is 3.13. The summed E-state index contributed by atoms with van der Waals surface area (Å²) in [5, 5.41) is 0. The smallest absolute Gasteiger partial charge is 0.308 e. The lowest BCUT2D eigenvalue weighted by Crippen LogP contribution is -2.38. The molecule has 0 saturated carbocycles. The van der Waals surface area contributed by atoms with E-state index in [0.717, 1.165) is 51.4 Å². The number of carbonyl (C=O) groups is 2. The summed E-state index contributed by atoms with van der Waals surface area (Å²) in [5.74, 6) is 0.0248. The van der Waals surface area contributed by atoms with E-state index >= 15 is 0 Å². The summed E-state index contributed by atoms with van der Waals surface area (Å²) < 4.78 is 11.0. The quantitative estimate of drug-likeness (QED) is 0.0539. The second-order valence-corrected chi connectivity index (χ2v) is 13.8. The van der Waals surface area contributed by atoms with Crippen molar-refractivity contribution in [1.29, 1.82) is 0 Å². The third-order valence-electron chi connectivity index (χ3n) is 10.1. The first kappa shape index (κ1) is 42.9. The monoisotopic (exact) mass is 623 g/mol. The maximum atomic E-state index is 13.5. The van der Waals surface area contributed by atoms with Gasteiger partial charge in [0.25, 0.3) is 0 Å². The Morgan fingerprint density at radius 3 is 0.841 bits per heavy atom. The fraction of sp³-hybridized carbons (Fsp3) is 0.950. The van der Waals surface area contributed by atoms with Gasteiger partial charge in [-0.2, -0.15) is 0 Å². The molecule has 0 bridgehead atoms. The Bertz CT molecular complexity index is 579. The highest BCUT2D eigenvalue weighted by Gasteiger charge is 2.40. The Balaban J connectivity index is 6.07. The second kappa shape index (κ2) is 31.9. The average molecular weight is 623 g/mol. The van der Waals surface area contributed by atoms with Crippen LogP contribution in [0.25, 0.3) is 0 Å². The predicted octanol–water partition coefficient (Wildman–Crippen LogP) is 12.8. The Morgan fingerprint density at radius 1 is 0.364 bits per heavy atom. The fourth-order valence-corrected chi connectivity index (χ4v) is 7.35. The van der Waals surface area contributed by atoms with Crippen molar-refractivity contribution in [3.63, 3.8) is 0 Å². The van der Waals surface area contributed by atoms with Crippen LogP contribution in [0.5, 0.6) is 0 Å². The molecule has 0 aliphatic carbocycles. The van der Waals surface area contributed by atoms with Crippen molar-refractivity contribution < 1.29 is 19.1 Å². The van der Waals surface area contributed by atoms with E-state index in [-0.39, 0.29) is 35.6 Å². The Morgan fingerprint density at radius 2 is 0.591 bits per heavy atom. The molecule has 0 saturated heterocycles. The van der Waals surface area contributed by atoms with Crippen molar-refractivity contribution in [2.45, 2.75) is 207 Å². The van der Waals surface area contributed by atoms with Gasteiger partial charge in [0.2, 0.25) is 0 Å². The van der Waals surface area contributed by atoms with Gasteiger partial charge in [0.1, 0.15) is 0 Å². The van der Waals surface area contributed by atoms with E-state index in [1.165, 1.54) is 128 Å². The molecule has 4 nitrogen and oxygen atoms in total. The lowest BCUT2D eigenvalue weighted by Gasteiger charge is -2.37. The fourth-order valence-electron chi connectivity index (χ4n) is 7.35. The van der Waals surface area contributed by atoms with Gasteiger partial charge in [-0.25, -0.2) is 0 Å². The average Bonchev–Trinajstić information content (AvgIpc) is 3.04. The van der Waals surface area contributed by atoms with Crippen molar-refractivity contribution in [2.75, 3.05) is 14.2 Å². The van der Waals surface area contributed by atoms with Gasteiger partial charge in [-0.3, -0.25) is 9.59 Å². The SMILES string of the molecule is CCCCCCCCC(C(=O)OC)C(CCCCCCCC)C(CCCCCCCC)C(CCCCCCCC)C(=O)OC. The minimum Gasteiger partial charge on any atom is -0.469 e. The van der Waals surface area contributed by atoms with Crippen LogP contribution in [0.1, 0.15) is 207 Å². The van der Waals surface area contributed by atoms with Crippen LogP contribution in [0.15, 0.2) is 0 Å². The minimum atomic E-state index is -0.122. The van der Waals surface area contributed by atoms with Crippen LogP contribution in [0.4, 0.5) is 0 Å². The van der Waals surface area contributed by atoms with Gasteiger partial charge in [0, 0.05) is 0 Å². The van der Waals surface area contributed by atoms with Crippen molar-refractivity contribution in [2.24, 2.45) is 23.7 Å². The molecular weight excluding hydrogens is 544 g/mol. The number of hydrogen-bond acceptors (Lipinski definition) is 4. The van der Waals surface area contributed by atoms with Crippen LogP contribution in [-0.2, 0) is 19.1 Å². The zero-order chi connectivity index (χ0) is 32.7. The topological polar surface area (TPSA) is 52.6 Å². The first-order valence-electron chi connectivity index (χ1n) is 19.7. The molecule has 262 valence electrons. The molecule has 0 radical (unpaired) electrons. The summed E-state index contributed by atoms with van der Waals surface area (Å²) in [6.45, 7) is 9.05. The summed E-state index contributed by atoms with van der Waals surface area (Å²) in [6, 6.07) is 0. The highest BCUT2D eigenvalue weighted by molar-refractivity contribution is 5.74. The first-order valence-corrected chi connectivity index (χ1v) is 19.7. The standard InChI is InChI=1S/C40H78O4/c1-7-11-15-19-23-27-31-35(37(39(41)43-5)33-29-25-21-17-13-9-3)36(32-28-24-20-16-12-8-2)38(40(42)44-6)34-30-26-22-18-14-10-4/h35-38H,7-34H2,1-6H3. The molecule has 0 heterocycles. The molecule has 0 aliphatic rings. The summed E-state index contributed by atoms with van der Waals surface area (Å²) >= 11 is 0. The van der Waals surface area contributed by atoms with E-state index in [9.17, 15) is 9.59 Å². The second-order valence-electron chi connectivity index (χ2n) is 13.8. The third-order valence-corrected chi connectivity index (χ3v) is 10.1. The zero-order valence-electron chi connectivity index (χ0n) is 30.7. The van der Waals surface area contributed by atoms with Gasteiger partial charge in [0.05, 0.1) is 26.1 Å². The molecule has 0 spiro atoms. The van der Waals surface area contributed by atoms with Crippen molar-refractivity contribution >= 4 is 11.9 Å². The van der Waals surface area contributed by atoms with Gasteiger partial charge in [-0.05, 0) is 37.5 Å². The molecule has 44 heavy (non-hydrogen) atoms. The van der Waals surface area contributed by atoms with E-state index in [2.05, 4.69) is 27.7 Å². The number of ether oxygens (including phenoxy) is 2. The lowest BCUT2D eigenvalue weighted by atomic mass is 9.68. The third kappa shape index (κ3) is 21.6. The van der Waals surface area contributed by atoms with Gasteiger partial charge < -0.3 is 9.47 Å². The summed E-state index contributed by atoms with van der Waals surface area (Å²) in [6.07, 6.45) is 33.4. The van der Waals surface area contributed by atoms with Crippen LogP contribution in [0.3, 0.4) is 0 Å². The van der Waals surface area contributed by atoms with Gasteiger partial charge in [0.15, 0.2) is 0 Å². The van der Waals surface area contributed by atoms with Crippen LogP contribution in [-0.4, -0.2) is 26.2 Å². The van der Waals surface area contributed by atoms with Crippen molar-refractivity contribution in [3.8, 4) is 0 Å². The van der Waals surface area contributed by atoms with Crippen LogP contribution in [0.2, 0.25) is 0 Å². The van der Waals surface area contributed by atoms with Gasteiger partial charge >= 0.3 is 11.9 Å². The molecular formula is C40H78O4. The maximum absolute atomic E-state index is 13.5. The van der Waals surface area contributed by atoms with E-state index in [0.29, 0.717) is 0 Å². The molecule has 0 rings (SSSR count). The molecule has 4 unspecified atom stereocenters. The minimum absolute atomic E-state index is 0.0503. The Labute approximate surface area is 276 Å². The molecule has 0 aromatic carbocycles. The summed E-state index contributed by atoms with van der Waals surface area (Å²) in [5.41, 5.74) is 0. The van der Waals surface area contributed by atoms with E-state index in [4.69, 9.17) is 9.47 Å². The van der Waals surface area contributed by atoms with Crippen molar-refractivity contribution in [3.05, 3.63) is 0 Å². The Hall–Kier alpha value is -1.06. The largest absolute Gasteiger partial charge is 0.469 e. The highest BCUT2D eigenvalue weighted by Crippen LogP contribution is 2.41. The normalized spacial score (nSPS) is 14.2. The molecule has 4 atom stereocenters. The van der Waals surface area contributed by atoms with Crippen LogP contribution in [0, 0.1) is 23.7 Å². The number of rotatable bonds is 33. The number of esters is 2. The zero-order valence-corrected chi connectivity index (χ0v) is 30.7. The molecule has 0 fully saturated rings. The van der Waals surface area contributed by atoms with Gasteiger partial charge in [-0.15, -0.1) is 0 Å². The Kier molecular flexibility index (Phi) is 31.1. The maximum Gasteiger partial charge on any atom is 0.308 e. The first-order chi connectivity index (χ1) is 21.5. The number of methoxy groups -OCH3 is 2. The van der Waals surface area contributed by atoms with E-state index in [1.54, 1.807) is 14.2 Å². The number of hydrogen-bond donors (Lipinski definition) is 0. The van der Waals surface area contributed by atoms with Crippen LogP contribution < -0.4 is 0 Å². The lowest BCUT2D eigenvalue weighted by molar-refractivity contribution is -0.154. The van der Waals surface area contributed by atoms with Gasteiger partial charge in [-0.1, -0.05) is 182 Å². The molecule has 0 amide bonds. The molecule has 0 aromatic rings. The molecule has 0 aromatic heterocycles. The molecule has 0 N–H and O–H groups in total. The highest BCUT2D eigenvalue weighted by atomic mass is 16.5. The van der Waals surface area contributed by atoms with E-state index in [1.807, 2.05) is 0 Å². The number of carbonyl (C=O) groups excluding carboxylic acids is 2. The van der Waals surface area contributed by atoms with E-state index < -0.39 is 0 Å². The summed E-state index contributed by atoms with van der Waals surface area (Å²) in [4.78, 5) is 27.1. The van der Waals surface area contributed by atoms with Crippen molar-refractivity contribution in [1.82, 2.24) is 0 Å². The van der Waals surface area contributed by atoms with Crippen LogP contribution >= 0.6 is 0 Å².